The summed E-state index contributed by atoms with van der Waals surface area (Å²) in [5.41, 5.74) is 1.52. The highest BCUT2D eigenvalue weighted by Gasteiger charge is 2.34. The van der Waals surface area contributed by atoms with E-state index < -0.39 is 0 Å². The highest BCUT2D eigenvalue weighted by atomic mass is 79.9. The van der Waals surface area contributed by atoms with E-state index in [2.05, 4.69) is 15.9 Å². The van der Waals surface area contributed by atoms with Crippen LogP contribution in [0.2, 0.25) is 0 Å². The molecule has 2 amide bonds. The Balaban J connectivity index is 2.47. The van der Waals surface area contributed by atoms with Crippen LogP contribution in [0.15, 0.2) is 28.7 Å². The first-order valence-electron chi connectivity index (χ1n) is 5.27. The molecule has 0 N–H and O–H groups in total. The van der Waals surface area contributed by atoms with Gasteiger partial charge in [0.2, 0.25) is 0 Å². The van der Waals surface area contributed by atoms with Crippen LogP contribution in [0.4, 0.5) is 0 Å². The predicted molar refractivity (Wildman–Crippen MR) is 70.1 cm³/mol. The summed E-state index contributed by atoms with van der Waals surface area (Å²) in [4.78, 5) is 35.7. The molecule has 1 aliphatic heterocycles. The molecule has 0 saturated heterocycles. The van der Waals surface area contributed by atoms with E-state index in [1.165, 1.54) is 14.0 Å². The van der Waals surface area contributed by atoms with E-state index in [1.807, 2.05) is 0 Å². The number of halogens is 1. The van der Waals surface area contributed by atoms with Crippen LogP contribution in [0.5, 0.6) is 0 Å². The number of imide groups is 1. The van der Waals surface area contributed by atoms with Gasteiger partial charge >= 0.3 is 0 Å². The molecule has 0 unspecified atom stereocenters. The van der Waals surface area contributed by atoms with E-state index in [-0.39, 0.29) is 22.1 Å². The fraction of sp³-hybridized carbons (Fsp3) is 0.154. The maximum absolute atomic E-state index is 11.9. The highest BCUT2D eigenvalue weighted by Crippen LogP contribution is 2.31. The molecule has 0 spiro atoms. The second kappa shape index (κ2) is 4.49. The summed E-state index contributed by atoms with van der Waals surface area (Å²) in [6.45, 7) is 1.47. The number of amides is 2. The van der Waals surface area contributed by atoms with E-state index in [1.54, 1.807) is 24.3 Å². The highest BCUT2D eigenvalue weighted by molar-refractivity contribution is 9.12. The molecule has 1 aromatic carbocycles. The lowest BCUT2D eigenvalue weighted by molar-refractivity contribution is -0.134. The van der Waals surface area contributed by atoms with E-state index in [4.69, 9.17) is 0 Å². The number of rotatable bonds is 2. The van der Waals surface area contributed by atoms with E-state index in [0.29, 0.717) is 16.7 Å². The summed E-state index contributed by atoms with van der Waals surface area (Å²) in [5, 5.41) is 0. The van der Waals surface area contributed by atoms with Gasteiger partial charge in [0, 0.05) is 12.6 Å². The van der Waals surface area contributed by atoms with E-state index in [0.717, 1.165) is 4.90 Å². The molecule has 1 aromatic rings. The third kappa shape index (κ3) is 1.90. The third-order valence-electron chi connectivity index (χ3n) is 2.81. The number of ketones is 1. The minimum absolute atomic E-state index is 0.0412. The van der Waals surface area contributed by atoms with Gasteiger partial charge in [-0.15, -0.1) is 0 Å². The van der Waals surface area contributed by atoms with Crippen molar-refractivity contribution in [1.82, 2.24) is 4.90 Å². The SMILES string of the molecule is CC(=O)c1ccc(C2=C(Br)C(=O)N(C)C2=O)cc1. The average molecular weight is 308 g/mol. The molecule has 4 nitrogen and oxygen atoms in total. The molecule has 0 fully saturated rings. The molecule has 18 heavy (non-hydrogen) atoms. The summed E-state index contributed by atoms with van der Waals surface area (Å²) in [7, 11) is 1.43. The predicted octanol–water partition coefficient (Wildman–Crippen LogP) is 1.99. The fourth-order valence-electron chi connectivity index (χ4n) is 1.73. The zero-order valence-corrected chi connectivity index (χ0v) is 11.4. The summed E-state index contributed by atoms with van der Waals surface area (Å²) in [6, 6.07) is 6.61. The number of Topliss-reactive ketones (excluding diaryl/α,β-unsaturated/α-hetero) is 1. The van der Waals surface area contributed by atoms with Crippen molar-refractivity contribution in [3.8, 4) is 0 Å². The maximum atomic E-state index is 11.9. The topological polar surface area (TPSA) is 54.5 Å². The second-order valence-electron chi connectivity index (χ2n) is 3.99. The zero-order valence-electron chi connectivity index (χ0n) is 9.86. The van der Waals surface area contributed by atoms with Crippen molar-refractivity contribution < 1.29 is 14.4 Å². The Kier molecular flexibility index (Phi) is 3.17. The van der Waals surface area contributed by atoms with Crippen molar-refractivity contribution in [2.75, 3.05) is 7.05 Å². The fourth-order valence-corrected chi connectivity index (χ4v) is 2.39. The van der Waals surface area contributed by atoms with Crippen LogP contribution >= 0.6 is 15.9 Å². The Bertz CT molecular complexity index is 587. The second-order valence-corrected chi connectivity index (χ2v) is 4.78. The summed E-state index contributed by atoms with van der Waals surface area (Å²) in [5.74, 6) is -0.742. The number of likely N-dealkylation sites (N-methyl/N-ethyl adjacent to an activating group) is 1. The molecule has 0 aliphatic carbocycles. The molecule has 1 heterocycles. The van der Waals surface area contributed by atoms with E-state index in [9.17, 15) is 14.4 Å². The van der Waals surface area contributed by atoms with Crippen molar-refractivity contribution >= 4 is 39.1 Å². The first-order valence-corrected chi connectivity index (χ1v) is 6.06. The number of hydrogen-bond acceptors (Lipinski definition) is 3. The molecule has 0 atom stereocenters. The first kappa shape index (κ1) is 12.7. The Morgan fingerprint density at radius 3 is 2.06 bits per heavy atom. The minimum Gasteiger partial charge on any atom is -0.295 e. The van der Waals surface area contributed by atoms with Gasteiger partial charge < -0.3 is 0 Å². The van der Waals surface area contributed by atoms with Crippen molar-refractivity contribution in [3.63, 3.8) is 0 Å². The van der Waals surface area contributed by atoms with Gasteiger partial charge in [0.05, 0.1) is 10.1 Å². The van der Waals surface area contributed by atoms with Gasteiger partial charge in [0.1, 0.15) is 0 Å². The maximum Gasteiger partial charge on any atom is 0.268 e. The molecule has 1 aliphatic rings. The van der Waals surface area contributed by atoms with Crippen LogP contribution < -0.4 is 0 Å². The molecule has 0 aromatic heterocycles. The number of hydrogen-bond donors (Lipinski definition) is 0. The number of carbonyl (C=O) groups is 3. The molecule has 5 heteroatoms. The van der Waals surface area contributed by atoms with Gasteiger partial charge in [-0.1, -0.05) is 24.3 Å². The Labute approximate surface area is 112 Å². The summed E-state index contributed by atoms with van der Waals surface area (Å²) >= 11 is 3.14. The summed E-state index contributed by atoms with van der Waals surface area (Å²) < 4.78 is 0.255. The van der Waals surface area contributed by atoms with Gasteiger partial charge in [0.25, 0.3) is 11.8 Å². The van der Waals surface area contributed by atoms with Crippen molar-refractivity contribution in [3.05, 3.63) is 39.9 Å². The van der Waals surface area contributed by atoms with Crippen LogP contribution in [-0.4, -0.2) is 29.5 Å². The molecule has 0 saturated carbocycles. The van der Waals surface area contributed by atoms with E-state index >= 15 is 0 Å². The van der Waals surface area contributed by atoms with Gasteiger partial charge in [-0.2, -0.15) is 0 Å². The van der Waals surface area contributed by atoms with Crippen LogP contribution in [0.25, 0.3) is 5.57 Å². The molecule has 0 radical (unpaired) electrons. The first-order chi connectivity index (χ1) is 8.43. The molecular formula is C13H10BrNO3. The van der Waals surface area contributed by atoms with Gasteiger partial charge in [-0.05, 0) is 28.4 Å². The van der Waals surface area contributed by atoms with Crippen molar-refractivity contribution in [1.29, 1.82) is 0 Å². The number of nitrogens with zero attached hydrogens (tertiary/aromatic N) is 1. The zero-order chi connectivity index (χ0) is 13.4. The molecular weight excluding hydrogens is 298 g/mol. The Morgan fingerprint density at radius 2 is 1.67 bits per heavy atom. The molecule has 2 rings (SSSR count). The van der Waals surface area contributed by atoms with Crippen LogP contribution in [0, 0.1) is 0 Å². The quantitative estimate of drug-likeness (QED) is 0.620. The minimum atomic E-state index is -0.356. The lowest BCUT2D eigenvalue weighted by atomic mass is 10.0. The van der Waals surface area contributed by atoms with Crippen LogP contribution in [0.3, 0.4) is 0 Å². The lowest BCUT2D eigenvalue weighted by Gasteiger charge is -2.06. The van der Waals surface area contributed by atoms with Gasteiger partial charge in [-0.25, -0.2) is 0 Å². The monoisotopic (exact) mass is 307 g/mol. The molecule has 0 bridgehead atoms. The van der Waals surface area contributed by atoms with Crippen molar-refractivity contribution in [2.24, 2.45) is 0 Å². The average Bonchev–Trinajstić information content (AvgIpc) is 2.54. The van der Waals surface area contributed by atoms with Gasteiger partial charge in [0.15, 0.2) is 5.78 Å². The third-order valence-corrected chi connectivity index (χ3v) is 3.55. The Hall–Kier alpha value is -1.75. The number of benzene rings is 1. The van der Waals surface area contributed by atoms with Crippen molar-refractivity contribution in [2.45, 2.75) is 6.92 Å². The standard InChI is InChI=1S/C13H10BrNO3/c1-7(16)8-3-5-9(6-4-8)10-11(14)13(18)15(2)12(10)17/h3-6H,1-2H3. The molecule has 92 valence electrons. The van der Waals surface area contributed by atoms with Crippen LogP contribution in [0.1, 0.15) is 22.8 Å². The van der Waals surface area contributed by atoms with Gasteiger partial charge in [-0.3, -0.25) is 19.3 Å². The summed E-state index contributed by atoms with van der Waals surface area (Å²) in [6.07, 6.45) is 0. The largest absolute Gasteiger partial charge is 0.295 e. The normalized spacial score (nSPS) is 15.6. The van der Waals surface area contributed by atoms with Crippen LogP contribution in [-0.2, 0) is 9.59 Å². The Morgan fingerprint density at radius 1 is 1.11 bits per heavy atom. The number of carbonyl (C=O) groups excluding carboxylic acids is 3. The smallest absolute Gasteiger partial charge is 0.268 e. The lowest BCUT2D eigenvalue weighted by Crippen LogP contribution is -2.26.